The third kappa shape index (κ3) is 7.12. The van der Waals surface area contributed by atoms with Crippen molar-refractivity contribution in [2.45, 2.75) is 49.9 Å². The van der Waals surface area contributed by atoms with E-state index in [4.69, 9.17) is 17.2 Å². The molecular weight excluding hydrogens is 482 g/mol. The zero-order valence-electron chi connectivity index (χ0n) is 21.3. The normalized spacial score (nSPS) is 18.7. The Kier molecular flexibility index (Phi) is 9.01. The van der Waals surface area contributed by atoms with E-state index >= 15 is 0 Å². The van der Waals surface area contributed by atoms with E-state index in [0.717, 1.165) is 16.5 Å². The molecular formula is C28H36N7O3+. The number of aryl methyl sites for hydroxylation is 1. The minimum atomic E-state index is -0.940. The number of amides is 3. The maximum absolute atomic E-state index is 13.3. The van der Waals surface area contributed by atoms with Crippen LogP contribution in [-0.2, 0) is 20.8 Å². The minimum absolute atomic E-state index is 0.0990. The molecule has 0 radical (unpaired) electrons. The number of likely N-dealkylation sites (tertiary alicyclic amines) is 1. The van der Waals surface area contributed by atoms with E-state index in [1.165, 1.54) is 0 Å². The third-order valence-electron chi connectivity index (χ3n) is 6.89. The summed E-state index contributed by atoms with van der Waals surface area (Å²) in [6.07, 6.45) is 2.93. The van der Waals surface area contributed by atoms with Crippen LogP contribution in [0.5, 0.6) is 0 Å². The number of benzene rings is 2. The number of hydrogen-bond donors (Lipinski definition) is 5. The first-order chi connectivity index (χ1) is 18.3. The summed E-state index contributed by atoms with van der Waals surface area (Å²) in [7, 11) is 0. The van der Waals surface area contributed by atoms with Gasteiger partial charge in [-0.2, -0.15) is 0 Å². The molecule has 2 heterocycles. The average Bonchev–Trinajstić information content (AvgIpc) is 3.27. The first-order valence-electron chi connectivity index (χ1n) is 12.9. The molecule has 0 unspecified atom stereocenters. The zero-order valence-corrected chi connectivity index (χ0v) is 21.3. The number of hydrogen-bond acceptors (Lipinski definition) is 6. The molecule has 0 spiro atoms. The molecule has 200 valence electrons. The number of H-pyrrole nitrogens is 1. The van der Waals surface area contributed by atoms with Gasteiger partial charge < -0.3 is 32.7 Å². The molecule has 2 aromatic carbocycles. The zero-order chi connectivity index (χ0) is 27.1. The summed E-state index contributed by atoms with van der Waals surface area (Å²) in [6, 6.07) is 17.1. The van der Waals surface area contributed by atoms with Crippen LogP contribution in [0.15, 0.2) is 66.9 Å². The van der Waals surface area contributed by atoms with E-state index in [-0.39, 0.29) is 36.7 Å². The van der Waals surface area contributed by atoms with E-state index < -0.39 is 18.0 Å². The molecule has 0 aliphatic carbocycles. The van der Waals surface area contributed by atoms with Crippen molar-refractivity contribution in [1.29, 1.82) is 0 Å². The standard InChI is InChI=1S/C28H35N7O3/c29-21(11-13-26(36)35-16-22(30)23(31)17-35)27(37)34-25(12-10-18-6-2-1-3-7-18)28(38)33-20-14-19-8-4-5-9-24(19)32-15-20/h1-9,14-15,21-23,25H,10-13,16-17,29-31H2,(H,33,38)(H,34,37)/p+1/t21-,22-,23-,25+/m0/s1. The number of anilines is 1. The molecule has 1 fully saturated rings. The molecule has 4 atom stereocenters. The lowest BCUT2D eigenvalue weighted by molar-refractivity contribution is -0.343. The van der Waals surface area contributed by atoms with Crippen LogP contribution in [0.1, 0.15) is 24.8 Å². The lowest BCUT2D eigenvalue weighted by Gasteiger charge is -2.21. The van der Waals surface area contributed by atoms with Gasteiger partial charge in [-0.3, -0.25) is 14.4 Å². The summed E-state index contributed by atoms with van der Waals surface area (Å²) in [5, 5.41) is 6.65. The van der Waals surface area contributed by atoms with Crippen molar-refractivity contribution in [3.63, 3.8) is 0 Å². The first kappa shape index (κ1) is 27.2. The molecule has 3 aromatic rings. The van der Waals surface area contributed by atoms with Crippen LogP contribution in [0, 0.1) is 0 Å². The van der Waals surface area contributed by atoms with Gasteiger partial charge in [0.05, 0.1) is 6.04 Å². The number of nitrogens with two attached hydrogens (primary N) is 3. The molecule has 1 aromatic heterocycles. The summed E-state index contributed by atoms with van der Waals surface area (Å²) >= 11 is 0. The van der Waals surface area contributed by atoms with E-state index in [0.29, 0.717) is 31.6 Å². The maximum Gasteiger partial charge on any atom is 0.247 e. The van der Waals surface area contributed by atoms with E-state index in [2.05, 4.69) is 15.6 Å². The Balaban J connectivity index is 1.38. The minimum Gasteiger partial charge on any atom is -0.343 e. The number of fused-ring (bicyclic) bond motifs is 1. The van der Waals surface area contributed by atoms with Crippen molar-refractivity contribution in [2.24, 2.45) is 17.2 Å². The summed E-state index contributed by atoms with van der Waals surface area (Å²) < 4.78 is 0. The molecule has 4 rings (SSSR count). The second-order valence-electron chi connectivity index (χ2n) is 9.82. The number of carbonyl (C=O) groups excluding carboxylic acids is 3. The Hall–Kier alpha value is -3.86. The highest BCUT2D eigenvalue weighted by Gasteiger charge is 2.31. The van der Waals surface area contributed by atoms with Crippen LogP contribution < -0.4 is 32.8 Å². The van der Waals surface area contributed by atoms with Crippen LogP contribution in [-0.4, -0.2) is 59.9 Å². The molecule has 0 bridgehead atoms. The Morgan fingerprint density at radius 2 is 1.63 bits per heavy atom. The summed E-state index contributed by atoms with van der Waals surface area (Å²) in [4.78, 5) is 43.5. The van der Waals surface area contributed by atoms with Gasteiger partial charge in [0, 0.05) is 43.0 Å². The van der Waals surface area contributed by atoms with Gasteiger partial charge in [-0.15, -0.1) is 0 Å². The van der Waals surface area contributed by atoms with Crippen molar-refractivity contribution >= 4 is 34.3 Å². The average molecular weight is 519 g/mol. The smallest absolute Gasteiger partial charge is 0.247 e. The van der Waals surface area contributed by atoms with Gasteiger partial charge in [0.15, 0.2) is 6.20 Å². The third-order valence-corrected chi connectivity index (χ3v) is 6.89. The SMILES string of the molecule is N[C@@H](CCC(=O)N1C[C@H](N)[C@@H](N)C1)C(=O)N[C@H](CCc1ccccc1)C(=O)Nc1c[nH+]c2ccccc2c1. The fourth-order valence-electron chi connectivity index (χ4n) is 4.55. The quantitative estimate of drug-likeness (QED) is 0.259. The van der Waals surface area contributed by atoms with Crippen molar-refractivity contribution in [1.82, 2.24) is 10.2 Å². The van der Waals surface area contributed by atoms with Gasteiger partial charge in [-0.05, 0) is 37.0 Å². The molecule has 3 amide bonds. The molecule has 9 N–H and O–H groups in total. The van der Waals surface area contributed by atoms with Crippen LogP contribution in [0.3, 0.4) is 0 Å². The summed E-state index contributed by atoms with van der Waals surface area (Å²) in [6.45, 7) is 0.796. The van der Waals surface area contributed by atoms with E-state index in [9.17, 15) is 14.4 Å². The predicted octanol–water partition coefficient (Wildman–Crippen LogP) is 0.314. The Bertz CT molecular complexity index is 1260. The fraction of sp³-hybridized carbons (Fsp3) is 0.357. The van der Waals surface area contributed by atoms with Crippen molar-refractivity contribution in [3.05, 3.63) is 72.4 Å². The number of aromatic amines is 1. The fourth-order valence-corrected chi connectivity index (χ4v) is 4.55. The largest absolute Gasteiger partial charge is 0.343 e. The lowest BCUT2D eigenvalue weighted by Crippen LogP contribution is -2.50. The summed E-state index contributed by atoms with van der Waals surface area (Å²) in [5.41, 5.74) is 20.5. The Morgan fingerprint density at radius 1 is 0.947 bits per heavy atom. The van der Waals surface area contributed by atoms with Gasteiger partial charge >= 0.3 is 0 Å². The van der Waals surface area contributed by atoms with Crippen LogP contribution in [0.4, 0.5) is 5.69 Å². The number of rotatable bonds is 10. The molecule has 1 aliphatic heterocycles. The number of pyridine rings is 1. The highest BCUT2D eigenvalue weighted by atomic mass is 16.2. The Morgan fingerprint density at radius 3 is 2.37 bits per heavy atom. The molecule has 0 saturated carbocycles. The number of para-hydroxylation sites is 1. The van der Waals surface area contributed by atoms with Gasteiger partial charge in [-0.25, -0.2) is 4.98 Å². The maximum atomic E-state index is 13.3. The van der Waals surface area contributed by atoms with Crippen LogP contribution in [0.2, 0.25) is 0 Å². The number of carbonyl (C=O) groups is 3. The monoisotopic (exact) mass is 518 g/mol. The predicted molar refractivity (Wildman–Crippen MR) is 146 cm³/mol. The van der Waals surface area contributed by atoms with Gasteiger partial charge in [0.2, 0.25) is 23.2 Å². The second kappa shape index (κ2) is 12.6. The van der Waals surface area contributed by atoms with Crippen molar-refractivity contribution < 1.29 is 19.4 Å². The number of nitrogens with one attached hydrogen (secondary N) is 3. The number of nitrogens with zero attached hydrogens (tertiary/aromatic N) is 1. The van der Waals surface area contributed by atoms with Crippen LogP contribution >= 0.6 is 0 Å². The highest BCUT2D eigenvalue weighted by molar-refractivity contribution is 5.98. The van der Waals surface area contributed by atoms with Crippen molar-refractivity contribution in [3.8, 4) is 0 Å². The summed E-state index contributed by atoms with van der Waals surface area (Å²) in [5.74, 6) is -0.963. The molecule has 10 nitrogen and oxygen atoms in total. The van der Waals surface area contributed by atoms with Gasteiger partial charge in [0.1, 0.15) is 11.7 Å². The first-order valence-corrected chi connectivity index (χ1v) is 12.9. The molecule has 1 aliphatic rings. The second-order valence-corrected chi connectivity index (χ2v) is 9.82. The lowest BCUT2D eigenvalue weighted by atomic mass is 10.0. The van der Waals surface area contributed by atoms with Gasteiger partial charge in [0.25, 0.3) is 0 Å². The van der Waals surface area contributed by atoms with Crippen molar-refractivity contribution in [2.75, 3.05) is 18.4 Å². The molecule has 1 saturated heterocycles. The van der Waals surface area contributed by atoms with Crippen LogP contribution in [0.25, 0.3) is 10.9 Å². The van der Waals surface area contributed by atoms with E-state index in [1.807, 2.05) is 60.7 Å². The van der Waals surface area contributed by atoms with Gasteiger partial charge in [-0.1, -0.05) is 42.5 Å². The van der Waals surface area contributed by atoms with E-state index in [1.54, 1.807) is 11.1 Å². The number of aromatic nitrogens is 1. The Labute approximate surface area is 221 Å². The topological polar surface area (TPSA) is 171 Å². The highest BCUT2D eigenvalue weighted by Crippen LogP contribution is 2.15. The molecule has 10 heteroatoms. The molecule has 38 heavy (non-hydrogen) atoms.